The van der Waals surface area contributed by atoms with E-state index in [0.29, 0.717) is 22.6 Å². The monoisotopic (exact) mass is 380 g/mol. The molecule has 4 rings (SSSR count). The van der Waals surface area contributed by atoms with Crippen LogP contribution in [-0.4, -0.2) is 36.0 Å². The summed E-state index contributed by atoms with van der Waals surface area (Å²) in [5.74, 6) is 0.349. The molecule has 2 aromatic carbocycles. The number of hydrogen-bond donors (Lipinski definition) is 1. The molecule has 7 nitrogen and oxygen atoms in total. The Morgan fingerprint density at radius 1 is 1.11 bits per heavy atom. The Bertz CT molecular complexity index is 1020. The third-order valence-corrected chi connectivity index (χ3v) is 5.21. The molecule has 28 heavy (non-hydrogen) atoms. The first-order chi connectivity index (χ1) is 13.3. The number of carbonyl (C=O) groups excluding carboxylic acids is 3. The average molecular weight is 380 g/mol. The van der Waals surface area contributed by atoms with Crippen LogP contribution in [0.15, 0.2) is 36.4 Å². The topological polar surface area (TPSA) is 84.9 Å². The largest absolute Gasteiger partial charge is 0.454 e. The smallest absolute Gasteiger partial charge is 0.325 e. The molecular weight excluding hydrogens is 360 g/mol. The maximum atomic E-state index is 13.1. The van der Waals surface area contributed by atoms with E-state index in [2.05, 4.69) is 5.32 Å². The molecule has 2 heterocycles. The summed E-state index contributed by atoms with van der Waals surface area (Å²) in [7, 11) is 0. The quantitative estimate of drug-likeness (QED) is 0.651. The van der Waals surface area contributed by atoms with Crippen LogP contribution in [0.1, 0.15) is 34.0 Å². The van der Waals surface area contributed by atoms with Gasteiger partial charge in [-0.25, -0.2) is 4.79 Å². The van der Waals surface area contributed by atoms with Gasteiger partial charge in [-0.3, -0.25) is 14.5 Å². The molecule has 0 aliphatic carbocycles. The molecular formula is C21H20N2O5. The molecule has 144 valence electrons. The van der Waals surface area contributed by atoms with Gasteiger partial charge in [0.1, 0.15) is 5.54 Å². The minimum absolute atomic E-state index is 0.117. The zero-order chi connectivity index (χ0) is 20.1. The number of imide groups is 1. The second-order valence-electron chi connectivity index (χ2n) is 7.26. The van der Waals surface area contributed by atoms with Crippen LogP contribution in [0.4, 0.5) is 4.79 Å². The number of ether oxygens (including phenoxy) is 2. The second-order valence-corrected chi connectivity index (χ2v) is 7.26. The maximum absolute atomic E-state index is 13.1. The Morgan fingerprint density at radius 2 is 1.86 bits per heavy atom. The molecule has 7 heteroatoms. The maximum Gasteiger partial charge on any atom is 0.325 e. The van der Waals surface area contributed by atoms with Crippen LogP contribution < -0.4 is 14.8 Å². The van der Waals surface area contributed by atoms with Gasteiger partial charge >= 0.3 is 6.03 Å². The lowest BCUT2D eigenvalue weighted by Crippen LogP contribution is -2.41. The van der Waals surface area contributed by atoms with Gasteiger partial charge in [-0.05, 0) is 44.0 Å². The minimum Gasteiger partial charge on any atom is -0.454 e. The van der Waals surface area contributed by atoms with Gasteiger partial charge in [0.15, 0.2) is 17.3 Å². The first kappa shape index (κ1) is 18.0. The van der Waals surface area contributed by atoms with Crippen molar-refractivity contribution in [1.29, 1.82) is 0 Å². The summed E-state index contributed by atoms with van der Waals surface area (Å²) in [5.41, 5.74) is 1.65. The van der Waals surface area contributed by atoms with Crippen molar-refractivity contribution >= 4 is 17.7 Å². The highest BCUT2D eigenvalue weighted by molar-refractivity contribution is 6.11. The van der Waals surface area contributed by atoms with E-state index in [4.69, 9.17) is 9.47 Å². The molecule has 0 bridgehead atoms. The van der Waals surface area contributed by atoms with E-state index >= 15 is 0 Å². The SMILES string of the molecule is Cc1ccc(C(=O)CN2C(=O)N[C@@](C)(c3ccc4c(c3)OCO4)C2=O)c(C)c1. The number of urea groups is 1. The van der Waals surface area contributed by atoms with Crippen LogP contribution in [0.2, 0.25) is 0 Å². The Balaban J connectivity index is 1.59. The number of benzene rings is 2. The van der Waals surface area contributed by atoms with Crippen molar-refractivity contribution in [3.63, 3.8) is 0 Å². The number of amides is 3. The van der Waals surface area contributed by atoms with Gasteiger partial charge in [-0.1, -0.05) is 29.8 Å². The Labute approximate surface area is 162 Å². The molecule has 0 spiro atoms. The Hall–Kier alpha value is -3.35. The fraction of sp³-hybridized carbons (Fsp3) is 0.286. The lowest BCUT2D eigenvalue weighted by Gasteiger charge is -2.22. The van der Waals surface area contributed by atoms with Crippen LogP contribution >= 0.6 is 0 Å². The highest BCUT2D eigenvalue weighted by atomic mass is 16.7. The van der Waals surface area contributed by atoms with Crippen LogP contribution in [0.5, 0.6) is 11.5 Å². The van der Waals surface area contributed by atoms with E-state index in [9.17, 15) is 14.4 Å². The number of fused-ring (bicyclic) bond motifs is 1. The molecule has 0 saturated carbocycles. The molecule has 0 radical (unpaired) electrons. The number of nitrogens with one attached hydrogen (secondary N) is 1. The van der Waals surface area contributed by atoms with Gasteiger partial charge in [-0.2, -0.15) is 0 Å². The molecule has 1 N–H and O–H groups in total. The molecule has 2 aromatic rings. The Morgan fingerprint density at radius 3 is 2.61 bits per heavy atom. The predicted molar refractivity (Wildman–Crippen MR) is 100 cm³/mol. The lowest BCUT2D eigenvalue weighted by atomic mass is 9.91. The van der Waals surface area contributed by atoms with Gasteiger partial charge in [0.05, 0.1) is 6.54 Å². The number of nitrogens with zero attached hydrogens (tertiary/aromatic N) is 1. The van der Waals surface area contributed by atoms with Gasteiger partial charge in [0, 0.05) is 5.56 Å². The van der Waals surface area contributed by atoms with E-state index in [-0.39, 0.29) is 19.1 Å². The van der Waals surface area contributed by atoms with Crippen LogP contribution in [0, 0.1) is 13.8 Å². The summed E-state index contributed by atoms with van der Waals surface area (Å²) in [6.07, 6.45) is 0. The first-order valence-corrected chi connectivity index (χ1v) is 8.94. The van der Waals surface area contributed by atoms with Gasteiger partial charge in [0.2, 0.25) is 6.79 Å². The highest BCUT2D eigenvalue weighted by Gasteiger charge is 2.49. The fourth-order valence-electron chi connectivity index (χ4n) is 3.60. The van der Waals surface area contributed by atoms with Gasteiger partial charge < -0.3 is 14.8 Å². The van der Waals surface area contributed by atoms with Crippen LogP contribution in [0.25, 0.3) is 0 Å². The summed E-state index contributed by atoms with van der Waals surface area (Å²) in [6.45, 7) is 5.20. The molecule has 0 aromatic heterocycles. The number of Topliss-reactive ketones (excluding diaryl/α,β-unsaturated/α-hetero) is 1. The highest BCUT2D eigenvalue weighted by Crippen LogP contribution is 2.37. The summed E-state index contributed by atoms with van der Waals surface area (Å²) in [4.78, 5) is 39.2. The van der Waals surface area contributed by atoms with E-state index in [1.807, 2.05) is 26.0 Å². The van der Waals surface area contributed by atoms with Crippen molar-refractivity contribution in [3.8, 4) is 11.5 Å². The number of hydrogen-bond acceptors (Lipinski definition) is 5. The van der Waals surface area contributed by atoms with Crippen LogP contribution in [-0.2, 0) is 10.3 Å². The van der Waals surface area contributed by atoms with Crippen molar-refractivity contribution in [2.45, 2.75) is 26.3 Å². The van der Waals surface area contributed by atoms with Crippen molar-refractivity contribution < 1.29 is 23.9 Å². The number of ketones is 1. The normalized spacial score (nSPS) is 20.5. The summed E-state index contributed by atoms with van der Waals surface area (Å²) in [6, 6.07) is 9.95. The third-order valence-electron chi connectivity index (χ3n) is 5.21. The fourth-order valence-corrected chi connectivity index (χ4v) is 3.60. The molecule has 3 amide bonds. The molecule has 1 atom stereocenters. The zero-order valence-electron chi connectivity index (χ0n) is 15.9. The number of rotatable bonds is 4. The molecule has 1 saturated heterocycles. The average Bonchev–Trinajstić information content (AvgIpc) is 3.20. The van der Waals surface area contributed by atoms with E-state index in [1.54, 1.807) is 31.2 Å². The van der Waals surface area contributed by atoms with E-state index in [1.165, 1.54) is 0 Å². The van der Waals surface area contributed by atoms with Crippen molar-refractivity contribution in [1.82, 2.24) is 10.2 Å². The minimum atomic E-state index is -1.28. The van der Waals surface area contributed by atoms with Crippen LogP contribution in [0.3, 0.4) is 0 Å². The van der Waals surface area contributed by atoms with Gasteiger partial charge in [-0.15, -0.1) is 0 Å². The first-order valence-electron chi connectivity index (χ1n) is 8.94. The van der Waals surface area contributed by atoms with E-state index < -0.39 is 17.5 Å². The van der Waals surface area contributed by atoms with Gasteiger partial charge in [0.25, 0.3) is 5.91 Å². The molecule has 2 aliphatic rings. The molecule has 0 unspecified atom stereocenters. The molecule has 1 fully saturated rings. The van der Waals surface area contributed by atoms with Crippen molar-refractivity contribution in [2.75, 3.05) is 13.3 Å². The summed E-state index contributed by atoms with van der Waals surface area (Å²) >= 11 is 0. The van der Waals surface area contributed by atoms with E-state index in [0.717, 1.165) is 16.0 Å². The molecule has 2 aliphatic heterocycles. The predicted octanol–water partition coefficient (Wildman–Crippen LogP) is 2.68. The summed E-state index contributed by atoms with van der Waals surface area (Å²) < 4.78 is 10.7. The third kappa shape index (κ3) is 2.79. The second kappa shape index (κ2) is 6.37. The number of carbonyl (C=O) groups is 3. The Kier molecular flexibility index (Phi) is 4.10. The lowest BCUT2D eigenvalue weighted by molar-refractivity contribution is -0.130. The standard InChI is InChI=1S/C21H20N2O5/c1-12-4-6-15(13(2)8-12)16(24)10-23-19(25)21(3,22-20(23)26)14-5-7-17-18(9-14)28-11-27-17/h4-9H,10-11H2,1-3H3,(H,22,26)/t21-/m0/s1. The number of aryl methyl sites for hydroxylation is 2. The van der Waals surface area contributed by atoms with Crippen molar-refractivity contribution in [2.24, 2.45) is 0 Å². The zero-order valence-corrected chi connectivity index (χ0v) is 15.9. The van der Waals surface area contributed by atoms with Crippen molar-refractivity contribution in [3.05, 3.63) is 58.7 Å². The summed E-state index contributed by atoms with van der Waals surface area (Å²) in [5, 5.41) is 2.71.